The van der Waals surface area contributed by atoms with Crippen LogP contribution in [0.25, 0.3) is 0 Å². The highest BCUT2D eigenvalue weighted by atomic mass is 16.3. The topological polar surface area (TPSA) is 52.6 Å². The van der Waals surface area contributed by atoms with Gasteiger partial charge in [0.25, 0.3) is 0 Å². The molecule has 2 N–H and O–H groups in total. The molecule has 0 radical (unpaired) electrons. The minimum absolute atomic E-state index is 0.215. The Balaban J connectivity index is 1.64. The van der Waals surface area contributed by atoms with Gasteiger partial charge in [0, 0.05) is 18.6 Å². The maximum atomic E-state index is 12.5. The quantitative estimate of drug-likeness (QED) is 0.881. The van der Waals surface area contributed by atoms with Crippen molar-refractivity contribution in [1.82, 2.24) is 10.2 Å². The lowest BCUT2D eigenvalue weighted by atomic mass is 10.0. The molecule has 2 unspecified atom stereocenters. The number of benzene rings is 1. The summed E-state index contributed by atoms with van der Waals surface area (Å²) in [5.74, 6) is 0.460. The number of rotatable bonds is 3. The lowest BCUT2D eigenvalue weighted by Gasteiger charge is -2.29. The van der Waals surface area contributed by atoms with Gasteiger partial charge in [-0.1, -0.05) is 12.1 Å². The molecule has 0 aromatic heterocycles. The van der Waals surface area contributed by atoms with Gasteiger partial charge in [0.1, 0.15) is 5.75 Å². The van der Waals surface area contributed by atoms with Crippen molar-refractivity contribution >= 4 is 5.91 Å². The summed E-state index contributed by atoms with van der Waals surface area (Å²) >= 11 is 0. The Morgan fingerprint density at radius 2 is 2.05 bits per heavy atom. The average Bonchev–Trinajstić information content (AvgIpc) is 3.11. The van der Waals surface area contributed by atoms with Crippen LogP contribution < -0.4 is 5.32 Å². The van der Waals surface area contributed by atoms with Crippen molar-refractivity contribution < 1.29 is 9.90 Å². The zero-order chi connectivity index (χ0) is 13.9. The summed E-state index contributed by atoms with van der Waals surface area (Å²) in [6.45, 7) is 1.97. The molecule has 2 heterocycles. The van der Waals surface area contributed by atoms with Gasteiger partial charge in [-0.15, -0.1) is 0 Å². The lowest BCUT2D eigenvalue weighted by Crippen LogP contribution is -2.47. The van der Waals surface area contributed by atoms with Gasteiger partial charge in [0.05, 0.1) is 6.42 Å². The Bertz CT molecular complexity index is 466. The monoisotopic (exact) mass is 274 g/mol. The van der Waals surface area contributed by atoms with E-state index in [4.69, 9.17) is 0 Å². The number of hydrogen-bond acceptors (Lipinski definition) is 3. The second-order valence-corrected chi connectivity index (χ2v) is 5.84. The number of aromatic hydroxyl groups is 1. The fourth-order valence-electron chi connectivity index (χ4n) is 3.45. The van der Waals surface area contributed by atoms with Crippen LogP contribution in [-0.2, 0) is 11.2 Å². The molecule has 2 aliphatic heterocycles. The molecule has 4 nitrogen and oxygen atoms in total. The maximum absolute atomic E-state index is 12.5. The largest absolute Gasteiger partial charge is 0.508 e. The van der Waals surface area contributed by atoms with Crippen LogP contribution >= 0.6 is 0 Å². The Labute approximate surface area is 119 Å². The smallest absolute Gasteiger partial charge is 0.227 e. The van der Waals surface area contributed by atoms with E-state index in [1.807, 2.05) is 12.1 Å². The van der Waals surface area contributed by atoms with Gasteiger partial charge < -0.3 is 15.3 Å². The zero-order valence-electron chi connectivity index (χ0n) is 11.7. The molecule has 3 rings (SSSR count). The number of carbonyl (C=O) groups is 1. The van der Waals surface area contributed by atoms with E-state index in [0.717, 1.165) is 31.5 Å². The molecule has 4 heteroatoms. The molecule has 108 valence electrons. The van der Waals surface area contributed by atoms with Crippen molar-refractivity contribution in [3.63, 3.8) is 0 Å². The summed E-state index contributed by atoms with van der Waals surface area (Å²) in [6, 6.07) is 7.80. The molecular weight excluding hydrogens is 252 g/mol. The molecule has 2 aliphatic rings. The van der Waals surface area contributed by atoms with Crippen LogP contribution in [0.15, 0.2) is 24.3 Å². The second-order valence-electron chi connectivity index (χ2n) is 5.84. The predicted octanol–water partition coefficient (Wildman–Crippen LogP) is 1.68. The maximum Gasteiger partial charge on any atom is 0.227 e. The highest BCUT2D eigenvalue weighted by molar-refractivity contribution is 5.79. The Hall–Kier alpha value is -1.55. The first kappa shape index (κ1) is 13.4. The fraction of sp³-hybridized carbons (Fsp3) is 0.562. The SMILES string of the molecule is O=C(Cc1ccc(O)cc1)N1CCCC1C1CCCN1. The molecule has 2 atom stereocenters. The van der Waals surface area contributed by atoms with Crippen LogP contribution in [-0.4, -0.2) is 41.1 Å². The van der Waals surface area contributed by atoms with Crippen molar-refractivity contribution in [2.75, 3.05) is 13.1 Å². The van der Waals surface area contributed by atoms with Gasteiger partial charge in [0.15, 0.2) is 0 Å². The minimum atomic E-state index is 0.215. The van der Waals surface area contributed by atoms with E-state index in [-0.39, 0.29) is 11.7 Å². The van der Waals surface area contributed by atoms with Crippen LogP contribution in [0.5, 0.6) is 5.75 Å². The van der Waals surface area contributed by atoms with Gasteiger partial charge in [-0.3, -0.25) is 4.79 Å². The minimum Gasteiger partial charge on any atom is -0.508 e. The molecule has 20 heavy (non-hydrogen) atoms. The first-order valence-corrected chi connectivity index (χ1v) is 7.55. The Morgan fingerprint density at radius 1 is 1.25 bits per heavy atom. The number of nitrogens with zero attached hydrogens (tertiary/aromatic N) is 1. The average molecular weight is 274 g/mol. The number of carbonyl (C=O) groups excluding carboxylic acids is 1. The van der Waals surface area contributed by atoms with E-state index >= 15 is 0 Å². The lowest BCUT2D eigenvalue weighted by molar-refractivity contribution is -0.131. The van der Waals surface area contributed by atoms with Crippen molar-refractivity contribution in [3.8, 4) is 5.75 Å². The van der Waals surface area contributed by atoms with Crippen molar-refractivity contribution in [3.05, 3.63) is 29.8 Å². The molecule has 0 bridgehead atoms. The van der Waals surface area contributed by atoms with Gasteiger partial charge in [-0.25, -0.2) is 0 Å². The second kappa shape index (κ2) is 5.83. The van der Waals surface area contributed by atoms with Crippen molar-refractivity contribution in [2.24, 2.45) is 0 Å². The predicted molar refractivity (Wildman–Crippen MR) is 77.6 cm³/mol. The first-order valence-electron chi connectivity index (χ1n) is 7.55. The summed E-state index contributed by atoms with van der Waals surface area (Å²) in [5, 5.41) is 12.8. The van der Waals surface area contributed by atoms with Gasteiger partial charge in [-0.2, -0.15) is 0 Å². The zero-order valence-corrected chi connectivity index (χ0v) is 11.7. The van der Waals surface area contributed by atoms with Gasteiger partial charge in [-0.05, 0) is 49.9 Å². The Kier molecular flexibility index (Phi) is 3.92. The van der Waals surface area contributed by atoms with Crippen LogP contribution in [0, 0.1) is 0 Å². The van der Waals surface area contributed by atoms with E-state index in [9.17, 15) is 9.90 Å². The molecule has 1 aromatic carbocycles. The molecule has 0 spiro atoms. The molecule has 0 aliphatic carbocycles. The standard InChI is InChI=1S/C16H22N2O2/c19-13-7-5-12(6-8-13)11-16(20)18-10-2-4-15(18)14-3-1-9-17-14/h5-8,14-15,17,19H,1-4,9-11H2. The molecule has 0 saturated carbocycles. The molecule has 1 amide bonds. The van der Waals surface area contributed by atoms with E-state index in [1.165, 1.54) is 12.8 Å². The summed E-state index contributed by atoms with van der Waals surface area (Å²) in [6.07, 6.45) is 5.08. The number of likely N-dealkylation sites (tertiary alicyclic amines) is 1. The van der Waals surface area contributed by atoms with Gasteiger partial charge >= 0.3 is 0 Å². The summed E-state index contributed by atoms with van der Waals surface area (Å²) in [5.41, 5.74) is 0.970. The van der Waals surface area contributed by atoms with E-state index in [1.54, 1.807) is 12.1 Å². The Morgan fingerprint density at radius 3 is 2.75 bits per heavy atom. The molecular formula is C16H22N2O2. The molecule has 2 saturated heterocycles. The number of nitrogens with one attached hydrogen (secondary N) is 1. The van der Waals surface area contributed by atoms with Crippen LogP contribution in [0.2, 0.25) is 0 Å². The number of amides is 1. The highest BCUT2D eigenvalue weighted by Crippen LogP contribution is 2.25. The summed E-state index contributed by atoms with van der Waals surface area (Å²) in [4.78, 5) is 14.6. The third kappa shape index (κ3) is 2.80. The van der Waals surface area contributed by atoms with Crippen LogP contribution in [0.3, 0.4) is 0 Å². The van der Waals surface area contributed by atoms with E-state index in [0.29, 0.717) is 18.5 Å². The number of phenols is 1. The fourth-order valence-corrected chi connectivity index (χ4v) is 3.45. The summed E-state index contributed by atoms with van der Waals surface area (Å²) in [7, 11) is 0. The third-order valence-corrected chi connectivity index (χ3v) is 4.47. The van der Waals surface area contributed by atoms with E-state index in [2.05, 4.69) is 10.2 Å². The summed E-state index contributed by atoms with van der Waals surface area (Å²) < 4.78 is 0. The van der Waals surface area contributed by atoms with Gasteiger partial charge in [0.2, 0.25) is 5.91 Å². The van der Waals surface area contributed by atoms with Crippen LogP contribution in [0.1, 0.15) is 31.2 Å². The first-order chi connectivity index (χ1) is 9.74. The normalized spacial score (nSPS) is 26.1. The number of phenolic OH excluding ortho intramolecular Hbond substituents is 1. The van der Waals surface area contributed by atoms with Crippen molar-refractivity contribution in [2.45, 2.75) is 44.2 Å². The highest BCUT2D eigenvalue weighted by Gasteiger charge is 2.35. The third-order valence-electron chi connectivity index (χ3n) is 4.47. The molecule has 2 fully saturated rings. The molecule has 1 aromatic rings. The number of hydrogen-bond donors (Lipinski definition) is 2. The van der Waals surface area contributed by atoms with Crippen molar-refractivity contribution in [1.29, 1.82) is 0 Å². The van der Waals surface area contributed by atoms with Crippen LogP contribution in [0.4, 0.5) is 0 Å². The van der Waals surface area contributed by atoms with E-state index < -0.39 is 0 Å².